The highest BCUT2D eigenvalue weighted by molar-refractivity contribution is 6.34. The summed E-state index contributed by atoms with van der Waals surface area (Å²) in [4.78, 5) is 12.3. The van der Waals surface area contributed by atoms with Gasteiger partial charge in [-0.2, -0.15) is 5.10 Å². The molecule has 1 aromatic heterocycles. The molecule has 0 saturated carbocycles. The Kier molecular flexibility index (Phi) is 5.33. The number of hydrogen-bond donors (Lipinski definition) is 1. The van der Waals surface area contributed by atoms with Gasteiger partial charge in [-0.3, -0.25) is 9.48 Å². The number of nitrogens with zero attached hydrogens (tertiary/aromatic N) is 2. The van der Waals surface area contributed by atoms with E-state index in [-0.39, 0.29) is 27.7 Å². The van der Waals surface area contributed by atoms with Crippen molar-refractivity contribution in [3.8, 4) is 0 Å². The van der Waals surface area contributed by atoms with Gasteiger partial charge in [-0.15, -0.1) is 0 Å². The molecule has 2 aromatic rings. The van der Waals surface area contributed by atoms with Crippen molar-refractivity contribution in [3.05, 3.63) is 51.8 Å². The first kappa shape index (κ1) is 18.5. The van der Waals surface area contributed by atoms with Gasteiger partial charge in [0, 0.05) is 13.6 Å². The Morgan fingerprint density at radius 3 is 2.38 bits per heavy atom. The van der Waals surface area contributed by atoms with Crippen molar-refractivity contribution in [2.24, 2.45) is 7.05 Å². The molecule has 1 unspecified atom stereocenters. The molecule has 0 saturated heterocycles. The molecule has 0 radical (unpaired) electrons. The van der Waals surface area contributed by atoms with Gasteiger partial charge in [0.15, 0.2) is 0 Å². The summed E-state index contributed by atoms with van der Waals surface area (Å²) in [6.07, 6.45) is -1.32. The van der Waals surface area contributed by atoms with E-state index in [2.05, 4.69) is 43.3 Å². The van der Waals surface area contributed by atoms with E-state index in [0.29, 0.717) is 6.54 Å². The third kappa shape index (κ3) is 3.96. The van der Waals surface area contributed by atoms with Gasteiger partial charge in [-0.05, 0) is 23.5 Å². The van der Waals surface area contributed by atoms with Crippen LogP contribution in [0.1, 0.15) is 61.2 Å². The Morgan fingerprint density at radius 1 is 1.33 bits per heavy atom. The number of aryl methyl sites for hydroxylation is 1. The van der Waals surface area contributed by atoms with Crippen LogP contribution in [0.25, 0.3) is 0 Å². The van der Waals surface area contributed by atoms with E-state index in [1.165, 1.54) is 17.2 Å². The monoisotopic (exact) mass is 350 g/mol. The van der Waals surface area contributed by atoms with E-state index in [1.807, 2.05) is 12.1 Å². The first-order chi connectivity index (χ1) is 11.1. The van der Waals surface area contributed by atoms with Crippen LogP contribution in [0.4, 0.5) is 4.39 Å². The van der Waals surface area contributed by atoms with Crippen LogP contribution in [0.15, 0.2) is 24.3 Å². The normalized spacial score (nSPS) is 13.0. The molecule has 0 fully saturated rings. The second kappa shape index (κ2) is 6.93. The predicted octanol–water partition coefficient (Wildman–Crippen LogP) is 4.33. The summed E-state index contributed by atoms with van der Waals surface area (Å²) >= 11 is 6.09. The highest BCUT2D eigenvalue weighted by Gasteiger charge is 2.23. The molecule has 1 heterocycles. The lowest BCUT2D eigenvalue weighted by Gasteiger charge is -2.19. The number of amides is 1. The maximum absolute atomic E-state index is 13.4. The molecule has 24 heavy (non-hydrogen) atoms. The minimum atomic E-state index is -1.32. The van der Waals surface area contributed by atoms with E-state index >= 15 is 0 Å². The van der Waals surface area contributed by atoms with Crippen LogP contribution in [-0.2, 0) is 19.0 Å². The minimum absolute atomic E-state index is 0.0630. The Bertz CT molecular complexity index is 730. The van der Waals surface area contributed by atoms with Crippen molar-refractivity contribution in [2.75, 3.05) is 0 Å². The van der Waals surface area contributed by atoms with Crippen molar-refractivity contribution >= 4 is 17.5 Å². The first-order valence-electron chi connectivity index (χ1n) is 7.85. The number of rotatable bonds is 4. The molecule has 4 nitrogen and oxygen atoms in total. The van der Waals surface area contributed by atoms with E-state index in [9.17, 15) is 9.18 Å². The van der Waals surface area contributed by atoms with Crippen molar-refractivity contribution in [1.82, 2.24) is 15.1 Å². The van der Waals surface area contributed by atoms with Gasteiger partial charge in [0.2, 0.25) is 0 Å². The summed E-state index contributed by atoms with van der Waals surface area (Å²) in [6, 6.07) is 8.09. The van der Waals surface area contributed by atoms with E-state index in [1.54, 1.807) is 7.05 Å². The lowest BCUT2D eigenvalue weighted by molar-refractivity contribution is 0.0941. The van der Waals surface area contributed by atoms with Crippen LogP contribution in [0.3, 0.4) is 0 Å². The highest BCUT2D eigenvalue weighted by Crippen LogP contribution is 2.27. The molecule has 0 aliphatic rings. The summed E-state index contributed by atoms with van der Waals surface area (Å²) in [5.74, 6) is -0.373. The molecule has 130 valence electrons. The van der Waals surface area contributed by atoms with Gasteiger partial charge >= 0.3 is 0 Å². The summed E-state index contributed by atoms with van der Waals surface area (Å²) in [5, 5.41) is 6.84. The zero-order valence-electron chi connectivity index (χ0n) is 14.7. The van der Waals surface area contributed by atoms with Crippen LogP contribution >= 0.6 is 11.6 Å². The maximum Gasteiger partial charge on any atom is 0.271 e. The van der Waals surface area contributed by atoms with Crippen molar-refractivity contribution < 1.29 is 9.18 Å². The fraction of sp³-hybridized carbons (Fsp3) is 0.444. The summed E-state index contributed by atoms with van der Waals surface area (Å²) < 4.78 is 14.8. The molecule has 1 atom stereocenters. The Labute approximate surface area is 147 Å². The zero-order valence-corrected chi connectivity index (χ0v) is 15.4. The second-order valence-electron chi connectivity index (χ2n) is 6.92. The van der Waals surface area contributed by atoms with Gasteiger partial charge < -0.3 is 5.32 Å². The molecule has 0 spiro atoms. The number of hydrogen-bond acceptors (Lipinski definition) is 2. The molecular formula is C18H23ClFN3O. The van der Waals surface area contributed by atoms with Crippen LogP contribution in [-0.4, -0.2) is 15.7 Å². The second-order valence-corrected chi connectivity index (χ2v) is 7.30. The van der Waals surface area contributed by atoms with Gasteiger partial charge in [0.1, 0.15) is 17.6 Å². The van der Waals surface area contributed by atoms with Crippen LogP contribution in [0.2, 0.25) is 5.02 Å². The lowest BCUT2D eigenvalue weighted by Crippen LogP contribution is -2.25. The van der Waals surface area contributed by atoms with Gasteiger partial charge in [0.25, 0.3) is 5.91 Å². The highest BCUT2D eigenvalue weighted by atomic mass is 35.5. The van der Waals surface area contributed by atoms with E-state index in [0.717, 1.165) is 5.56 Å². The molecule has 2 rings (SSSR count). The van der Waals surface area contributed by atoms with E-state index < -0.39 is 6.17 Å². The number of alkyl halides is 1. The number of halogens is 2. The minimum Gasteiger partial charge on any atom is -0.347 e. The smallest absolute Gasteiger partial charge is 0.271 e. The maximum atomic E-state index is 13.4. The van der Waals surface area contributed by atoms with Crippen LogP contribution < -0.4 is 5.32 Å². The average Bonchev–Trinajstić information content (AvgIpc) is 2.79. The molecular weight excluding hydrogens is 328 g/mol. The number of carbonyl (C=O) groups excluding carboxylic acids is 1. The Balaban J connectivity index is 2.09. The third-order valence-corrected chi connectivity index (χ3v) is 4.25. The van der Waals surface area contributed by atoms with Gasteiger partial charge in [-0.1, -0.05) is 56.6 Å². The third-order valence-electron chi connectivity index (χ3n) is 3.88. The Morgan fingerprint density at radius 2 is 1.92 bits per heavy atom. The van der Waals surface area contributed by atoms with E-state index in [4.69, 9.17) is 11.6 Å². The van der Waals surface area contributed by atoms with Crippen LogP contribution in [0.5, 0.6) is 0 Å². The molecule has 6 heteroatoms. The number of benzene rings is 1. The predicted molar refractivity (Wildman–Crippen MR) is 94.1 cm³/mol. The molecule has 0 aliphatic heterocycles. The SMILES string of the molecule is CC([18F])c1nn(C)c(C(=O)NCc2ccc(C(C)(C)C)cc2)c1Cl. The van der Waals surface area contributed by atoms with Gasteiger partial charge in [-0.25, -0.2) is 4.39 Å². The quantitative estimate of drug-likeness (QED) is 0.892. The summed E-state index contributed by atoms with van der Waals surface area (Å²) in [7, 11) is 1.57. The number of carbonyl (C=O) groups is 1. The molecule has 1 N–H and O–H groups in total. The fourth-order valence-corrected chi connectivity index (χ4v) is 2.80. The first-order valence-corrected chi connectivity index (χ1v) is 8.23. The van der Waals surface area contributed by atoms with Crippen LogP contribution in [0, 0.1) is 0 Å². The number of aromatic nitrogens is 2. The lowest BCUT2D eigenvalue weighted by atomic mass is 9.87. The summed E-state index contributed by atoms with van der Waals surface area (Å²) in [6.45, 7) is 8.16. The van der Waals surface area contributed by atoms with Crippen molar-refractivity contribution in [3.63, 3.8) is 0 Å². The average molecular weight is 351 g/mol. The van der Waals surface area contributed by atoms with Gasteiger partial charge in [0.05, 0.1) is 5.02 Å². The Hall–Kier alpha value is -1.88. The van der Waals surface area contributed by atoms with Crippen molar-refractivity contribution in [1.29, 1.82) is 0 Å². The fourth-order valence-electron chi connectivity index (χ4n) is 2.41. The zero-order chi connectivity index (χ0) is 18.1. The molecule has 1 amide bonds. The summed E-state index contributed by atoms with van der Waals surface area (Å²) in [5.41, 5.74) is 2.55. The molecule has 1 aromatic carbocycles. The van der Waals surface area contributed by atoms with Crippen molar-refractivity contribution in [2.45, 2.75) is 45.8 Å². The molecule has 0 aliphatic carbocycles. The standard InChI is InChI=1S/C18H23ClFN3O/c1-11(20)15-14(19)16(23(5)22-15)17(24)21-10-12-6-8-13(9-7-12)18(2,3)4/h6-9,11H,10H2,1-5H3,(H,21,24)/i20-1. The molecule has 0 bridgehead atoms. The number of nitrogens with one attached hydrogen (secondary N) is 1. The topological polar surface area (TPSA) is 46.9 Å². The largest absolute Gasteiger partial charge is 0.347 e.